The van der Waals surface area contributed by atoms with Crippen LogP contribution in [0.5, 0.6) is 0 Å². The Bertz CT molecular complexity index is 646. The van der Waals surface area contributed by atoms with E-state index in [1.807, 2.05) is 18.0 Å². The van der Waals surface area contributed by atoms with Gasteiger partial charge in [0.2, 0.25) is 5.91 Å². The minimum atomic E-state index is 0.268. The van der Waals surface area contributed by atoms with Crippen molar-refractivity contribution in [3.05, 3.63) is 35.4 Å². The summed E-state index contributed by atoms with van der Waals surface area (Å²) in [6.07, 6.45) is 2.80. The monoisotopic (exact) mass is 358 g/mol. The molecule has 1 unspecified atom stereocenters. The first-order chi connectivity index (χ1) is 12.7. The van der Waals surface area contributed by atoms with Crippen LogP contribution in [0.4, 0.5) is 0 Å². The van der Waals surface area contributed by atoms with Gasteiger partial charge >= 0.3 is 0 Å². The molecular formula is C20H30N4O2. The molecule has 0 aliphatic carbocycles. The van der Waals surface area contributed by atoms with Crippen LogP contribution in [0, 0.1) is 5.92 Å². The molecule has 0 spiro atoms. The van der Waals surface area contributed by atoms with E-state index in [0.717, 1.165) is 51.6 Å². The fourth-order valence-corrected chi connectivity index (χ4v) is 3.86. The standard InChI is InChI=1S/C20H30N4O2/c1-21-20(24-11-9-16(13-24)15-26-2)22-12-17-6-3-4-7-18(17)14-23-10-5-8-19(23)25/h3-4,6-7,16H,5,8-15H2,1-2H3,(H,21,22). The minimum Gasteiger partial charge on any atom is -0.384 e. The molecule has 26 heavy (non-hydrogen) atoms. The van der Waals surface area contributed by atoms with Gasteiger partial charge in [0.25, 0.3) is 0 Å². The molecule has 6 heteroatoms. The SMILES string of the molecule is CN=C(NCc1ccccc1CN1CCCC1=O)N1CCC(COC)C1. The summed E-state index contributed by atoms with van der Waals surface area (Å²) in [5.74, 6) is 1.78. The number of nitrogens with one attached hydrogen (secondary N) is 1. The molecule has 2 aliphatic rings. The highest BCUT2D eigenvalue weighted by Crippen LogP contribution is 2.19. The van der Waals surface area contributed by atoms with Gasteiger partial charge in [0.1, 0.15) is 0 Å². The van der Waals surface area contributed by atoms with Crippen LogP contribution in [0.2, 0.25) is 0 Å². The molecule has 2 aliphatic heterocycles. The van der Waals surface area contributed by atoms with Gasteiger partial charge in [0, 0.05) is 59.2 Å². The number of carbonyl (C=O) groups is 1. The van der Waals surface area contributed by atoms with Crippen LogP contribution in [-0.2, 0) is 22.6 Å². The number of methoxy groups -OCH3 is 1. The first-order valence-electron chi connectivity index (χ1n) is 9.50. The van der Waals surface area contributed by atoms with E-state index in [2.05, 4.69) is 33.4 Å². The molecule has 3 rings (SSSR count). The number of likely N-dealkylation sites (tertiary alicyclic amines) is 2. The number of hydrogen-bond donors (Lipinski definition) is 1. The van der Waals surface area contributed by atoms with E-state index in [4.69, 9.17) is 4.74 Å². The largest absolute Gasteiger partial charge is 0.384 e. The van der Waals surface area contributed by atoms with Crippen LogP contribution >= 0.6 is 0 Å². The first-order valence-corrected chi connectivity index (χ1v) is 9.50. The highest BCUT2D eigenvalue weighted by atomic mass is 16.5. The molecule has 1 aromatic carbocycles. The van der Waals surface area contributed by atoms with Gasteiger partial charge < -0.3 is 19.9 Å². The minimum absolute atomic E-state index is 0.268. The van der Waals surface area contributed by atoms with Gasteiger partial charge in [-0.3, -0.25) is 9.79 Å². The summed E-state index contributed by atoms with van der Waals surface area (Å²) in [6, 6.07) is 8.35. The number of nitrogens with zero attached hydrogens (tertiary/aromatic N) is 3. The zero-order valence-corrected chi connectivity index (χ0v) is 15.9. The Labute approximate surface area is 156 Å². The van der Waals surface area contributed by atoms with Crippen LogP contribution < -0.4 is 5.32 Å². The second-order valence-electron chi connectivity index (χ2n) is 7.14. The van der Waals surface area contributed by atoms with Gasteiger partial charge in [-0.25, -0.2) is 0 Å². The predicted molar refractivity (Wildman–Crippen MR) is 103 cm³/mol. The summed E-state index contributed by atoms with van der Waals surface area (Å²) in [4.78, 5) is 20.6. The lowest BCUT2D eigenvalue weighted by molar-refractivity contribution is -0.128. The van der Waals surface area contributed by atoms with Crippen molar-refractivity contribution < 1.29 is 9.53 Å². The molecule has 0 bridgehead atoms. The fourth-order valence-electron chi connectivity index (χ4n) is 3.86. The molecule has 0 radical (unpaired) electrons. The maximum atomic E-state index is 11.9. The van der Waals surface area contributed by atoms with Crippen LogP contribution in [0.15, 0.2) is 29.3 Å². The van der Waals surface area contributed by atoms with E-state index < -0.39 is 0 Å². The highest BCUT2D eigenvalue weighted by Gasteiger charge is 2.25. The third-order valence-corrected chi connectivity index (χ3v) is 5.29. The molecule has 1 amide bonds. The molecule has 1 aromatic rings. The van der Waals surface area contributed by atoms with Crippen molar-refractivity contribution in [2.45, 2.75) is 32.4 Å². The van der Waals surface area contributed by atoms with Gasteiger partial charge in [-0.05, 0) is 24.0 Å². The topological polar surface area (TPSA) is 57.2 Å². The predicted octanol–water partition coefficient (Wildman–Crippen LogP) is 1.85. The van der Waals surface area contributed by atoms with E-state index >= 15 is 0 Å². The van der Waals surface area contributed by atoms with Crippen molar-refractivity contribution in [1.29, 1.82) is 0 Å². The van der Waals surface area contributed by atoms with Crippen molar-refractivity contribution in [2.75, 3.05) is 40.4 Å². The first kappa shape index (κ1) is 18.7. The normalized spacial score (nSPS) is 20.9. The van der Waals surface area contributed by atoms with E-state index in [-0.39, 0.29) is 5.91 Å². The number of carbonyl (C=O) groups excluding carboxylic acids is 1. The number of benzene rings is 1. The third kappa shape index (κ3) is 4.55. The number of hydrogen-bond acceptors (Lipinski definition) is 3. The highest BCUT2D eigenvalue weighted by molar-refractivity contribution is 5.80. The summed E-state index contributed by atoms with van der Waals surface area (Å²) in [7, 11) is 3.60. The smallest absolute Gasteiger partial charge is 0.222 e. The van der Waals surface area contributed by atoms with Crippen LogP contribution in [0.3, 0.4) is 0 Å². The zero-order chi connectivity index (χ0) is 18.4. The molecule has 1 N–H and O–H groups in total. The molecule has 2 heterocycles. The van der Waals surface area contributed by atoms with Gasteiger partial charge in [-0.1, -0.05) is 24.3 Å². The lowest BCUT2D eigenvalue weighted by atomic mass is 10.1. The Morgan fingerprint density at radius 2 is 2.12 bits per heavy atom. The van der Waals surface area contributed by atoms with E-state index in [1.165, 1.54) is 11.1 Å². The zero-order valence-electron chi connectivity index (χ0n) is 15.9. The third-order valence-electron chi connectivity index (χ3n) is 5.29. The molecule has 6 nitrogen and oxygen atoms in total. The average Bonchev–Trinajstić information content (AvgIpc) is 3.27. The van der Waals surface area contributed by atoms with Crippen molar-refractivity contribution >= 4 is 11.9 Å². The van der Waals surface area contributed by atoms with Gasteiger partial charge in [0.15, 0.2) is 5.96 Å². The molecule has 2 fully saturated rings. The second kappa shape index (κ2) is 9.03. The lowest BCUT2D eigenvalue weighted by Gasteiger charge is -2.23. The van der Waals surface area contributed by atoms with Crippen molar-refractivity contribution in [1.82, 2.24) is 15.1 Å². The summed E-state index contributed by atoms with van der Waals surface area (Å²) >= 11 is 0. The molecule has 142 valence electrons. The Morgan fingerprint density at radius 3 is 2.81 bits per heavy atom. The number of ether oxygens (including phenoxy) is 1. The maximum absolute atomic E-state index is 11.9. The number of rotatable bonds is 6. The number of guanidine groups is 1. The van der Waals surface area contributed by atoms with Crippen LogP contribution in [0.1, 0.15) is 30.4 Å². The Kier molecular flexibility index (Phi) is 6.50. The fraction of sp³-hybridized carbons (Fsp3) is 0.600. The molecule has 0 aromatic heterocycles. The molecular weight excluding hydrogens is 328 g/mol. The van der Waals surface area contributed by atoms with Crippen LogP contribution in [-0.4, -0.2) is 62.1 Å². The number of aliphatic imine (C=N–C) groups is 1. The number of amides is 1. The summed E-state index contributed by atoms with van der Waals surface area (Å²) in [6.45, 7) is 5.09. The summed E-state index contributed by atoms with van der Waals surface area (Å²) in [5.41, 5.74) is 2.44. The van der Waals surface area contributed by atoms with E-state index in [1.54, 1.807) is 7.11 Å². The average molecular weight is 358 g/mol. The molecule has 0 saturated carbocycles. The van der Waals surface area contributed by atoms with Crippen molar-refractivity contribution in [3.63, 3.8) is 0 Å². The Balaban J connectivity index is 1.59. The van der Waals surface area contributed by atoms with Gasteiger partial charge in [-0.15, -0.1) is 0 Å². The van der Waals surface area contributed by atoms with Crippen molar-refractivity contribution in [2.24, 2.45) is 10.9 Å². The van der Waals surface area contributed by atoms with Crippen molar-refractivity contribution in [3.8, 4) is 0 Å². The van der Waals surface area contributed by atoms with Gasteiger partial charge in [0.05, 0.1) is 6.61 Å². The lowest BCUT2D eigenvalue weighted by Crippen LogP contribution is -2.40. The summed E-state index contributed by atoms with van der Waals surface area (Å²) < 4.78 is 5.29. The van der Waals surface area contributed by atoms with Gasteiger partial charge in [-0.2, -0.15) is 0 Å². The Morgan fingerprint density at radius 1 is 1.31 bits per heavy atom. The van der Waals surface area contributed by atoms with E-state index in [0.29, 0.717) is 18.9 Å². The maximum Gasteiger partial charge on any atom is 0.222 e. The Hall–Kier alpha value is -2.08. The molecule has 2 saturated heterocycles. The van der Waals surface area contributed by atoms with Crippen LogP contribution in [0.25, 0.3) is 0 Å². The quantitative estimate of drug-likeness (QED) is 0.623. The summed E-state index contributed by atoms with van der Waals surface area (Å²) in [5, 5.41) is 3.50. The molecule has 1 atom stereocenters. The van der Waals surface area contributed by atoms with E-state index in [9.17, 15) is 4.79 Å². The second-order valence-corrected chi connectivity index (χ2v) is 7.14.